The molecule has 1 aliphatic heterocycles. The van der Waals surface area contributed by atoms with Crippen LogP contribution in [0.5, 0.6) is 0 Å². The Morgan fingerprint density at radius 2 is 2.53 bits per heavy atom. The van der Waals surface area contributed by atoms with Gasteiger partial charge in [0, 0.05) is 32.1 Å². The van der Waals surface area contributed by atoms with Crippen LogP contribution in [-0.2, 0) is 16.1 Å². The number of nitrogens with one attached hydrogen (secondary N) is 1. The molecule has 17 heavy (non-hydrogen) atoms. The number of imidazole rings is 1. The van der Waals surface area contributed by atoms with Gasteiger partial charge in [0.05, 0.1) is 18.3 Å². The van der Waals surface area contributed by atoms with E-state index in [1.807, 2.05) is 17.7 Å². The summed E-state index contributed by atoms with van der Waals surface area (Å²) in [6.07, 6.45) is 7.31. The maximum Gasteiger partial charge on any atom is 0.225 e. The van der Waals surface area contributed by atoms with E-state index in [-0.39, 0.29) is 17.9 Å². The van der Waals surface area contributed by atoms with Crippen molar-refractivity contribution in [2.75, 3.05) is 13.2 Å². The third-order valence-corrected chi connectivity index (χ3v) is 3.17. The summed E-state index contributed by atoms with van der Waals surface area (Å²) >= 11 is 0. The number of nitrogens with zero attached hydrogens (tertiary/aromatic N) is 2. The second-order valence-corrected chi connectivity index (χ2v) is 4.42. The van der Waals surface area contributed by atoms with E-state index in [1.165, 1.54) is 0 Å². The second-order valence-electron chi connectivity index (χ2n) is 4.42. The van der Waals surface area contributed by atoms with Crippen LogP contribution in [0.3, 0.4) is 0 Å². The fourth-order valence-corrected chi connectivity index (χ4v) is 2.13. The zero-order chi connectivity index (χ0) is 12.1. The summed E-state index contributed by atoms with van der Waals surface area (Å²) in [6, 6.07) is 0. The van der Waals surface area contributed by atoms with Crippen molar-refractivity contribution in [2.24, 2.45) is 5.92 Å². The smallest absolute Gasteiger partial charge is 0.225 e. The van der Waals surface area contributed by atoms with Crippen LogP contribution < -0.4 is 5.32 Å². The predicted molar refractivity (Wildman–Crippen MR) is 63.4 cm³/mol. The molecule has 2 rings (SSSR count). The van der Waals surface area contributed by atoms with Crippen LogP contribution in [0.2, 0.25) is 0 Å². The van der Waals surface area contributed by atoms with Crippen molar-refractivity contribution in [2.45, 2.75) is 32.4 Å². The molecule has 1 N–H and O–H groups in total. The molecule has 0 spiro atoms. The summed E-state index contributed by atoms with van der Waals surface area (Å²) in [5, 5.41) is 2.95. The molecule has 0 aliphatic carbocycles. The molecule has 0 unspecified atom stereocenters. The summed E-state index contributed by atoms with van der Waals surface area (Å²) in [5.41, 5.74) is 0. The Balaban J connectivity index is 1.73. The Hall–Kier alpha value is -1.36. The Morgan fingerprint density at radius 1 is 1.65 bits per heavy atom. The van der Waals surface area contributed by atoms with Gasteiger partial charge >= 0.3 is 0 Å². The summed E-state index contributed by atoms with van der Waals surface area (Å²) in [5.74, 6) is 0.115. The highest BCUT2D eigenvalue weighted by atomic mass is 16.5. The van der Waals surface area contributed by atoms with Crippen LogP contribution >= 0.6 is 0 Å². The first-order chi connectivity index (χ1) is 8.27. The van der Waals surface area contributed by atoms with Crippen LogP contribution in [0, 0.1) is 5.92 Å². The van der Waals surface area contributed by atoms with Gasteiger partial charge in [0.2, 0.25) is 5.91 Å². The van der Waals surface area contributed by atoms with Gasteiger partial charge < -0.3 is 14.6 Å². The molecular weight excluding hydrogens is 218 g/mol. The third kappa shape index (κ3) is 3.30. The predicted octanol–water partition coefficient (Wildman–Crippen LogP) is 0.814. The van der Waals surface area contributed by atoms with Gasteiger partial charge in [-0.3, -0.25) is 4.79 Å². The highest BCUT2D eigenvalue weighted by Crippen LogP contribution is 2.20. The highest BCUT2D eigenvalue weighted by molar-refractivity contribution is 5.79. The molecule has 1 aliphatic rings. The van der Waals surface area contributed by atoms with E-state index in [0.717, 1.165) is 26.0 Å². The summed E-state index contributed by atoms with van der Waals surface area (Å²) in [6.45, 7) is 4.14. The van der Waals surface area contributed by atoms with Gasteiger partial charge in [-0.05, 0) is 19.8 Å². The maximum atomic E-state index is 11.9. The van der Waals surface area contributed by atoms with E-state index in [9.17, 15) is 4.79 Å². The summed E-state index contributed by atoms with van der Waals surface area (Å²) in [7, 11) is 0. The molecule has 1 saturated heterocycles. The van der Waals surface area contributed by atoms with Crippen LogP contribution in [0.4, 0.5) is 0 Å². The molecule has 5 nitrogen and oxygen atoms in total. The van der Waals surface area contributed by atoms with Crippen molar-refractivity contribution in [3.05, 3.63) is 18.7 Å². The maximum absolute atomic E-state index is 11.9. The minimum absolute atomic E-state index is 0.00605. The van der Waals surface area contributed by atoms with Crippen molar-refractivity contribution >= 4 is 5.91 Å². The SMILES string of the molecule is C[C@@H]1OCCC[C@@H]1C(=O)NCCn1ccnc1. The van der Waals surface area contributed by atoms with Gasteiger partial charge in [-0.2, -0.15) is 0 Å². The van der Waals surface area contributed by atoms with Gasteiger partial charge in [0.1, 0.15) is 0 Å². The molecule has 5 heteroatoms. The molecule has 1 fully saturated rings. The van der Waals surface area contributed by atoms with Gasteiger partial charge in [0.25, 0.3) is 0 Å². The topological polar surface area (TPSA) is 56.1 Å². The van der Waals surface area contributed by atoms with Crippen LogP contribution in [0.15, 0.2) is 18.7 Å². The quantitative estimate of drug-likeness (QED) is 0.843. The lowest BCUT2D eigenvalue weighted by Crippen LogP contribution is -2.41. The van der Waals surface area contributed by atoms with E-state index in [2.05, 4.69) is 10.3 Å². The molecule has 1 amide bonds. The number of carbonyl (C=O) groups is 1. The molecular formula is C12H19N3O2. The Bertz CT molecular complexity index is 351. The lowest BCUT2D eigenvalue weighted by atomic mass is 9.94. The van der Waals surface area contributed by atoms with E-state index in [1.54, 1.807) is 12.5 Å². The van der Waals surface area contributed by atoms with Crippen LogP contribution in [0.25, 0.3) is 0 Å². The Kier molecular flexibility index (Phi) is 4.14. The molecule has 2 heterocycles. The minimum atomic E-state index is 0.00605. The Labute approximate surface area is 101 Å². The molecule has 94 valence electrons. The van der Waals surface area contributed by atoms with E-state index in [0.29, 0.717) is 6.54 Å². The van der Waals surface area contributed by atoms with E-state index < -0.39 is 0 Å². The monoisotopic (exact) mass is 237 g/mol. The lowest BCUT2D eigenvalue weighted by Gasteiger charge is -2.28. The standard InChI is InChI=1S/C12H19N3O2/c1-10-11(3-2-8-17-10)12(16)14-5-7-15-6-4-13-9-15/h4,6,9-11H,2-3,5,7-8H2,1H3,(H,14,16)/t10-,11-/m0/s1. The summed E-state index contributed by atoms with van der Waals surface area (Å²) < 4.78 is 7.43. The molecule has 1 aromatic heterocycles. The second kappa shape index (κ2) is 5.82. The summed E-state index contributed by atoms with van der Waals surface area (Å²) in [4.78, 5) is 15.9. The first-order valence-corrected chi connectivity index (χ1v) is 6.12. The zero-order valence-electron chi connectivity index (χ0n) is 10.1. The average molecular weight is 237 g/mol. The van der Waals surface area contributed by atoms with Crippen LogP contribution in [-0.4, -0.2) is 34.7 Å². The van der Waals surface area contributed by atoms with Gasteiger partial charge in [-0.25, -0.2) is 4.98 Å². The van der Waals surface area contributed by atoms with Crippen molar-refractivity contribution in [3.8, 4) is 0 Å². The number of rotatable bonds is 4. The van der Waals surface area contributed by atoms with Gasteiger partial charge in [-0.1, -0.05) is 0 Å². The fourth-order valence-electron chi connectivity index (χ4n) is 2.13. The Morgan fingerprint density at radius 3 is 3.24 bits per heavy atom. The number of amides is 1. The van der Waals surface area contributed by atoms with Crippen molar-refractivity contribution < 1.29 is 9.53 Å². The van der Waals surface area contributed by atoms with Gasteiger partial charge in [-0.15, -0.1) is 0 Å². The largest absolute Gasteiger partial charge is 0.378 e. The highest BCUT2D eigenvalue weighted by Gasteiger charge is 2.28. The minimum Gasteiger partial charge on any atom is -0.378 e. The molecule has 2 atom stereocenters. The first kappa shape index (κ1) is 12.1. The van der Waals surface area contributed by atoms with E-state index >= 15 is 0 Å². The molecule has 1 aromatic rings. The number of carbonyl (C=O) groups excluding carboxylic acids is 1. The number of hydrogen-bond donors (Lipinski definition) is 1. The molecule has 0 saturated carbocycles. The fraction of sp³-hybridized carbons (Fsp3) is 0.667. The van der Waals surface area contributed by atoms with Crippen molar-refractivity contribution in [1.82, 2.24) is 14.9 Å². The van der Waals surface area contributed by atoms with Crippen molar-refractivity contribution in [3.63, 3.8) is 0 Å². The molecule has 0 radical (unpaired) electrons. The van der Waals surface area contributed by atoms with E-state index in [4.69, 9.17) is 4.74 Å². The average Bonchev–Trinajstić information content (AvgIpc) is 2.82. The zero-order valence-corrected chi connectivity index (χ0v) is 10.1. The molecule has 0 aromatic carbocycles. The normalized spacial score (nSPS) is 24.5. The first-order valence-electron chi connectivity index (χ1n) is 6.12. The lowest BCUT2D eigenvalue weighted by molar-refractivity contribution is -0.133. The number of hydrogen-bond acceptors (Lipinski definition) is 3. The third-order valence-electron chi connectivity index (χ3n) is 3.17. The van der Waals surface area contributed by atoms with Gasteiger partial charge in [0.15, 0.2) is 0 Å². The number of aromatic nitrogens is 2. The van der Waals surface area contributed by atoms with Crippen LogP contribution in [0.1, 0.15) is 19.8 Å². The van der Waals surface area contributed by atoms with Crippen molar-refractivity contribution in [1.29, 1.82) is 0 Å². The number of ether oxygens (including phenoxy) is 1. The molecule has 0 bridgehead atoms.